The first-order valence-corrected chi connectivity index (χ1v) is 11.8. The molecule has 1 aromatic carbocycles. The van der Waals surface area contributed by atoms with E-state index in [1.54, 1.807) is 24.0 Å². The minimum absolute atomic E-state index is 0.00552. The Morgan fingerprint density at radius 2 is 1.86 bits per heavy atom. The molecule has 1 atom stereocenters. The van der Waals surface area contributed by atoms with Gasteiger partial charge in [-0.2, -0.15) is 18.3 Å². The van der Waals surface area contributed by atoms with Crippen LogP contribution in [0.15, 0.2) is 36.7 Å². The van der Waals surface area contributed by atoms with Gasteiger partial charge < -0.3 is 10.6 Å². The van der Waals surface area contributed by atoms with E-state index in [0.717, 1.165) is 11.6 Å². The van der Waals surface area contributed by atoms with Crippen molar-refractivity contribution in [1.82, 2.24) is 25.0 Å². The van der Waals surface area contributed by atoms with Crippen molar-refractivity contribution in [1.29, 1.82) is 0 Å². The smallest absolute Gasteiger partial charge is 0.382 e. The molecule has 0 aliphatic heterocycles. The van der Waals surface area contributed by atoms with E-state index in [2.05, 4.69) is 20.7 Å². The summed E-state index contributed by atoms with van der Waals surface area (Å²) in [5.41, 5.74) is 0.467. The number of anilines is 1. The second kappa shape index (κ2) is 10.0. The number of hydrogen-bond acceptors (Lipinski definition) is 5. The van der Waals surface area contributed by atoms with Crippen molar-refractivity contribution in [3.63, 3.8) is 0 Å². The van der Waals surface area contributed by atoms with Gasteiger partial charge in [0.2, 0.25) is 5.91 Å². The summed E-state index contributed by atoms with van der Waals surface area (Å²) in [6.45, 7) is 0. The van der Waals surface area contributed by atoms with Crippen LogP contribution >= 0.6 is 11.6 Å². The van der Waals surface area contributed by atoms with Gasteiger partial charge in [0.25, 0.3) is 0 Å². The standard InChI is InChI=1S/C24H28ClF3N6O/c1-33(2)22(14-12-29-34(3)13-14)23(35)31-17-7-5-16(6-8-17)30-20-11-21(24(26,27)28)32-19-9-4-15(25)10-18(19)20/h4,9-13,16-17,22H,5-8H2,1-3H3,(H,30,32)(H,31,35)/t16-,17+,22?. The second-order valence-electron chi connectivity index (χ2n) is 9.23. The third-order valence-corrected chi connectivity index (χ3v) is 6.53. The fourth-order valence-electron chi connectivity index (χ4n) is 4.61. The highest BCUT2D eigenvalue weighted by molar-refractivity contribution is 6.31. The molecule has 1 unspecified atom stereocenters. The van der Waals surface area contributed by atoms with Gasteiger partial charge >= 0.3 is 6.18 Å². The molecule has 0 saturated heterocycles. The number of benzene rings is 1. The number of rotatable bonds is 6. The number of halogens is 4. The molecule has 188 valence electrons. The summed E-state index contributed by atoms with van der Waals surface area (Å²) in [5.74, 6) is -0.0935. The van der Waals surface area contributed by atoms with Crippen LogP contribution in [0.3, 0.4) is 0 Å². The number of amides is 1. The first kappa shape index (κ1) is 25.2. The minimum Gasteiger partial charge on any atom is -0.382 e. The van der Waals surface area contributed by atoms with Gasteiger partial charge in [0, 0.05) is 47.0 Å². The Balaban J connectivity index is 1.43. The van der Waals surface area contributed by atoms with Crippen molar-refractivity contribution >= 4 is 34.1 Å². The lowest BCUT2D eigenvalue weighted by Gasteiger charge is -2.32. The van der Waals surface area contributed by atoms with E-state index >= 15 is 0 Å². The minimum atomic E-state index is -4.55. The second-order valence-corrected chi connectivity index (χ2v) is 9.67. The zero-order valence-corrected chi connectivity index (χ0v) is 20.5. The number of alkyl halides is 3. The summed E-state index contributed by atoms with van der Waals surface area (Å²) in [4.78, 5) is 18.6. The van der Waals surface area contributed by atoms with Crippen LogP contribution in [0.25, 0.3) is 10.9 Å². The molecule has 1 saturated carbocycles. The van der Waals surface area contributed by atoms with Crippen LogP contribution in [0.2, 0.25) is 5.02 Å². The fraction of sp³-hybridized carbons (Fsp3) is 0.458. The molecular formula is C24H28ClF3N6O. The van der Waals surface area contributed by atoms with Gasteiger partial charge in [0.05, 0.1) is 11.7 Å². The molecule has 35 heavy (non-hydrogen) atoms. The van der Waals surface area contributed by atoms with Crippen LogP contribution < -0.4 is 10.6 Å². The topological polar surface area (TPSA) is 75.1 Å². The van der Waals surface area contributed by atoms with Gasteiger partial charge in [-0.05, 0) is 64.0 Å². The largest absolute Gasteiger partial charge is 0.433 e. The third kappa shape index (κ3) is 5.87. The Labute approximate surface area is 206 Å². The summed E-state index contributed by atoms with van der Waals surface area (Å²) < 4.78 is 41.9. The predicted octanol–water partition coefficient (Wildman–Crippen LogP) is 4.78. The molecule has 1 aliphatic rings. The maximum absolute atomic E-state index is 13.4. The molecular weight excluding hydrogens is 481 g/mol. The molecule has 7 nitrogen and oxygen atoms in total. The van der Waals surface area contributed by atoms with Gasteiger partial charge in [0.1, 0.15) is 11.7 Å². The number of likely N-dealkylation sites (N-methyl/N-ethyl adjacent to an activating group) is 1. The number of aryl methyl sites for hydroxylation is 1. The molecule has 0 radical (unpaired) electrons. The summed E-state index contributed by atoms with van der Waals surface area (Å²) >= 11 is 6.10. The van der Waals surface area contributed by atoms with Gasteiger partial charge in [-0.3, -0.25) is 14.4 Å². The molecule has 4 rings (SSSR count). The van der Waals surface area contributed by atoms with E-state index in [9.17, 15) is 18.0 Å². The van der Waals surface area contributed by atoms with Crippen molar-refractivity contribution in [3.8, 4) is 0 Å². The molecule has 1 amide bonds. The number of nitrogens with zero attached hydrogens (tertiary/aromatic N) is 4. The molecule has 1 aliphatic carbocycles. The van der Waals surface area contributed by atoms with Gasteiger partial charge in [-0.1, -0.05) is 11.6 Å². The number of carbonyl (C=O) groups excluding carboxylic acids is 1. The molecule has 11 heteroatoms. The van der Waals surface area contributed by atoms with Crippen LogP contribution in [0, 0.1) is 0 Å². The lowest BCUT2D eigenvalue weighted by molar-refractivity contribution is -0.140. The fourth-order valence-corrected chi connectivity index (χ4v) is 4.78. The van der Waals surface area contributed by atoms with Crippen LogP contribution in [0.1, 0.15) is 43.0 Å². The van der Waals surface area contributed by atoms with E-state index in [1.807, 2.05) is 25.2 Å². The zero-order valence-electron chi connectivity index (χ0n) is 19.7. The highest BCUT2D eigenvalue weighted by Gasteiger charge is 2.34. The quantitative estimate of drug-likeness (QED) is 0.501. The normalized spacial score (nSPS) is 19.7. The average Bonchev–Trinajstić information content (AvgIpc) is 3.19. The molecule has 3 aromatic rings. The Bertz CT molecular complexity index is 1200. The van der Waals surface area contributed by atoms with Gasteiger partial charge in [0.15, 0.2) is 0 Å². The summed E-state index contributed by atoms with van der Waals surface area (Å²) in [6.07, 6.45) is 1.80. The summed E-state index contributed by atoms with van der Waals surface area (Å²) in [6, 6.07) is 5.20. The Morgan fingerprint density at radius 3 is 2.46 bits per heavy atom. The van der Waals surface area contributed by atoms with Crippen molar-refractivity contribution in [2.45, 2.75) is 50.0 Å². The van der Waals surface area contributed by atoms with Crippen LogP contribution in [-0.2, 0) is 18.0 Å². The van der Waals surface area contributed by atoms with E-state index < -0.39 is 17.9 Å². The number of carbonyl (C=O) groups is 1. The monoisotopic (exact) mass is 508 g/mol. The molecule has 0 spiro atoms. The lowest BCUT2D eigenvalue weighted by atomic mass is 9.90. The van der Waals surface area contributed by atoms with E-state index in [4.69, 9.17) is 11.6 Å². The summed E-state index contributed by atoms with van der Waals surface area (Å²) in [7, 11) is 5.50. The summed E-state index contributed by atoms with van der Waals surface area (Å²) in [5, 5.41) is 11.6. The van der Waals surface area contributed by atoms with Crippen LogP contribution in [-0.4, -0.2) is 51.8 Å². The zero-order chi connectivity index (χ0) is 25.3. The number of pyridine rings is 1. The molecule has 0 bridgehead atoms. The SMILES string of the molecule is CN(C)C(C(=O)N[C@H]1CC[C@@H](Nc2cc(C(F)(F)F)nc3ccc(Cl)cc23)CC1)c1cnn(C)c1. The molecule has 2 aromatic heterocycles. The van der Waals surface area contributed by atoms with E-state index in [-0.39, 0.29) is 23.5 Å². The molecule has 1 fully saturated rings. The van der Waals surface area contributed by atoms with E-state index in [0.29, 0.717) is 41.8 Å². The maximum atomic E-state index is 13.4. The average molecular weight is 509 g/mol. The van der Waals surface area contributed by atoms with Crippen molar-refractivity contribution in [2.75, 3.05) is 19.4 Å². The Kier molecular flexibility index (Phi) is 7.23. The van der Waals surface area contributed by atoms with E-state index in [1.165, 1.54) is 12.1 Å². The van der Waals surface area contributed by atoms with Gasteiger partial charge in [-0.25, -0.2) is 4.98 Å². The molecule has 2 heterocycles. The van der Waals surface area contributed by atoms with Crippen molar-refractivity contribution in [3.05, 3.63) is 52.9 Å². The number of fused-ring (bicyclic) bond motifs is 1. The van der Waals surface area contributed by atoms with Crippen molar-refractivity contribution < 1.29 is 18.0 Å². The maximum Gasteiger partial charge on any atom is 0.433 e. The number of hydrogen-bond donors (Lipinski definition) is 2. The number of nitrogens with one attached hydrogen (secondary N) is 2. The number of aromatic nitrogens is 3. The lowest BCUT2D eigenvalue weighted by Crippen LogP contribution is -2.44. The van der Waals surface area contributed by atoms with Crippen molar-refractivity contribution in [2.24, 2.45) is 7.05 Å². The molecule has 2 N–H and O–H groups in total. The van der Waals surface area contributed by atoms with Crippen LogP contribution in [0.5, 0.6) is 0 Å². The Morgan fingerprint density at radius 1 is 1.17 bits per heavy atom. The first-order valence-electron chi connectivity index (χ1n) is 11.4. The van der Waals surface area contributed by atoms with Gasteiger partial charge in [-0.15, -0.1) is 0 Å². The first-order chi connectivity index (χ1) is 16.5. The van der Waals surface area contributed by atoms with Crippen LogP contribution in [0.4, 0.5) is 18.9 Å². The predicted molar refractivity (Wildman–Crippen MR) is 129 cm³/mol. The highest BCUT2D eigenvalue weighted by atomic mass is 35.5. The third-order valence-electron chi connectivity index (χ3n) is 6.30. The highest BCUT2D eigenvalue weighted by Crippen LogP contribution is 2.35. The Hall–Kier alpha value is -2.85.